The summed E-state index contributed by atoms with van der Waals surface area (Å²) < 4.78 is 18.4. The molecule has 0 spiro atoms. The van der Waals surface area contributed by atoms with Gasteiger partial charge in [0.1, 0.15) is 5.82 Å². The highest BCUT2D eigenvalue weighted by Gasteiger charge is 2.18. The predicted octanol–water partition coefficient (Wildman–Crippen LogP) is 7.05. The van der Waals surface area contributed by atoms with Crippen LogP contribution < -0.4 is 0 Å². The quantitative estimate of drug-likeness (QED) is 0.426. The molecular weight excluding hydrogens is 379 g/mol. The number of benzene rings is 2. The molecule has 0 N–H and O–H groups in total. The first-order valence-corrected chi connectivity index (χ1v) is 10.2. The zero-order valence-corrected chi connectivity index (χ0v) is 16.6. The molecule has 0 amide bonds. The molecule has 0 saturated heterocycles. The van der Waals surface area contributed by atoms with Crippen molar-refractivity contribution in [3.8, 4) is 16.9 Å². The maximum absolute atomic E-state index is 13.4. The van der Waals surface area contributed by atoms with E-state index in [0.29, 0.717) is 10.9 Å². The number of halogens is 2. The molecule has 5 heteroatoms. The normalized spacial score (nSPS) is 15.2. The Morgan fingerprint density at radius 3 is 2.30 bits per heavy atom. The van der Waals surface area contributed by atoms with Crippen molar-refractivity contribution in [1.29, 1.82) is 0 Å². The van der Waals surface area contributed by atoms with Crippen molar-refractivity contribution in [1.82, 2.24) is 9.13 Å². The Bertz CT molecular complexity index is 967. The van der Waals surface area contributed by atoms with Gasteiger partial charge in [-0.2, -0.15) is 0 Å². The third kappa shape index (κ3) is 4.02. The van der Waals surface area contributed by atoms with Crippen molar-refractivity contribution < 1.29 is 4.39 Å². The van der Waals surface area contributed by atoms with Crippen molar-refractivity contribution in [2.75, 3.05) is 0 Å². The Labute approximate surface area is 169 Å². The van der Waals surface area contributed by atoms with Gasteiger partial charge in [0.05, 0.1) is 5.69 Å². The van der Waals surface area contributed by atoms with Crippen LogP contribution in [0, 0.1) is 16.5 Å². The molecule has 1 heterocycles. The third-order valence-electron chi connectivity index (χ3n) is 5.36. The van der Waals surface area contributed by atoms with Crippen molar-refractivity contribution >= 4 is 23.8 Å². The Morgan fingerprint density at radius 2 is 1.63 bits per heavy atom. The summed E-state index contributed by atoms with van der Waals surface area (Å²) in [6.07, 6.45) is 8.59. The molecule has 0 aliphatic heterocycles. The summed E-state index contributed by atoms with van der Waals surface area (Å²) >= 11 is 11.9. The molecule has 140 valence electrons. The third-order valence-corrected chi connectivity index (χ3v) is 6.03. The van der Waals surface area contributed by atoms with E-state index in [1.807, 2.05) is 24.3 Å². The van der Waals surface area contributed by atoms with E-state index in [4.69, 9.17) is 23.8 Å². The molecule has 1 aliphatic carbocycles. The second-order valence-corrected chi connectivity index (χ2v) is 8.07. The highest BCUT2D eigenvalue weighted by Crippen LogP contribution is 2.29. The van der Waals surface area contributed by atoms with Crippen LogP contribution in [0.5, 0.6) is 0 Å². The molecule has 27 heavy (non-hydrogen) atoms. The summed E-state index contributed by atoms with van der Waals surface area (Å²) in [7, 11) is 0. The molecule has 1 aliphatic rings. The molecule has 0 radical (unpaired) electrons. The van der Waals surface area contributed by atoms with E-state index in [0.717, 1.165) is 28.3 Å². The summed E-state index contributed by atoms with van der Waals surface area (Å²) in [4.78, 5) is 0. The lowest BCUT2D eigenvalue weighted by Gasteiger charge is -2.21. The molecule has 3 aromatic rings. The summed E-state index contributed by atoms with van der Waals surface area (Å²) in [5, 5.41) is 0.690. The van der Waals surface area contributed by atoms with E-state index >= 15 is 0 Å². The van der Waals surface area contributed by atoms with Crippen molar-refractivity contribution in [3.63, 3.8) is 0 Å². The van der Waals surface area contributed by atoms with Crippen LogP contribution in [0.2, 0.25) is 5.02 Å². The van der Waals surface area contributed by atoms with Gasteiger partial charge in [-0.25, -0.2) is 4.39 Å². The summed E-state index contributed by atoms with van der Waals surface area (Å²) in [6.45, 7) is 0.938. The van der Waals surface area contributed by atoms with Gasteiger partial charge in [0.2, 0.25) is 0 Å². The summed E-state index contributed by atoms with van der Waals surface area (Å²) in [6, 6.07) is 14.3. The number of hydrogen-bond acceptors (Lipinski definition) is 1. The standard InChI is InChI=1S/C22H22ClFN2S/c23-18-8-12-20(13-9-18)26-21(17-6-10-19(24)11-7-17)15-25(22(26)27)14-16-4-2-1-3-5-16/h6-13,15-16H,1-5,14H2. The fraction of sp³-hybridized carbons (Fsp3) is 0.318. The van der Waals surface area contributed by atoms with Gasteiger partial charge in [0, 0.05) is 29.0 Å². The average Bonchev–Trinajstić information content (AvgIpc) is 3.00. The highest BCUT2D eigenvalue weighted by molar-refractivity contribution is 7.71. The number of rotatable bonds is 4. The number of aromatic nitrogens is 2. The van der Waals surface area contributed by atoms with Crippen molar-refractivity contribution in [2.45, 2.75) is 38.6 Å². The first kappa shape index (κ1) is 18.5. The largest absolute Gasteiger partial charge is 0.323 e. The summed E-state index contributed by atoms with van der Waals surface area (Å²) in [5.74, 6) is 0.435. The van der Waals surface area contributed by atoms with Gasteiger partial charge < -0.3 is 4.57 Å². The molecule has 1 fully saturated rings. The van der Waals surface area contributed by atoms with E-state index in [9.17, 15) is 4.39 Å². The van der Waals surface area contributed by atoms with Crippen molar-refractivity contribution in [2.24, 2.45) is 5.92 Å². The smallest absolute Gasteiger partial charge is 0.184 e. The number of hydrogen-bond donors (Lipinski definition) is 0. The average molecular weight is 401 g/mol. The monoisotopic (exact) mass is 400 g/mol. The van der Waals surface area contributed by atoms with E-state index in [1.165, 1.54) is 44.2 Å². The molecular formula is C22H22ClFN2S. The Balaban J connectivity index is 1.80. The van der Waals surface area contributed by atoms with Crippen LogP contribution in [0.15, 0.2) is 54.7 Å². The SMILES string of the molecule is Fc1ccc(-c2cn(CC3CCCCC3)c(=S)n2-c2ccc(Cl)cc2)cc1. The maximum atomic E-state index is 13.4. The van der Waals surface area contributed by atoms with Gasteiger partial charge in [-0.3, -0.25) is 4.57 Å². The minimum absolute atomic E-state index is 0.239. The molecule has 0 bridgehead atoms. The predicted molar refractivity (Wildman–Crippen MR) is 112 cm³/mol. The van der Waals surface area contributed by atoms with Gasteiger partial charge in [0.25, 0.3) is 0 Å². The zero-order chi connectivity index (χ0) is 18.8. The van der Waals surface area contributed by atoms with E-state index < -0.39 is 0 Å². The first-order chi connectivity index (χ1) is 13.1. The van der Waals surface area contributed by atoms with Gasteiger partial charge in [-0.1, -0.05) is 30.9 Å². The molecule has 2 nitrogen and oxygen atoms in total. The molecule has 4 rings (SSSR count). The van der Waals surface area contributed by atoms with Gasteiger partial charge in [-0.05, 0) is 79.5 Å². The highest BCUT2D eigenvalue weighted by atomic mass is 35.5. The molecule has 2 aromatic carbocycles. The fourth-order valence-corrected chi connectivity index (χ4v) is 4.39. The molecule has 1 saturated carbocycles. The molecule has 0 unspecified atom stereocenters. The minimum Gasteiger partial charge on any atom is -0.323 e. The van der Waals surface area contributed by atoms with Crippen LogP contribution in [-0.2, 0) is 6.54 Å². The van der Waals surface area contributed by atoms with Crippen LogP contribution in [-0.4, -0.2) is 9.13 Å². The zero-order valence-electron chi connectivity index (χ0n) is 15.1. The topological polar surface area (TPSA) is 9.86 Å². The lowest BCUT2D eigenvalue weighted by molar-refractivity contribution is 0.317. The van der Waals surface area contributed by atoms with E-state index in [1.54, 1.807) is 12.1 Å². The fourth-order valence-electron chi connectivity index (χ4n) is 3.93. The lowest BCUT2D eigenvalue weighted by Crippen LogP contribution is -2.14. The summed E-state index contributed by atoms with van der Waals surface area (Å²) in [5.41, 5.74) is 2.88. The Hall–Kier alpha value is -1.91. The van der Waals surface area contributed by atoms with Gasteiger partial charge in [0.15, 0.2) is 4.77 Å². The minimum atomic E-state index is -0.239. The van der Waals surface area contributed by atoms with Crippen LogP contribution in [0.4, 0.5) is 4.39 Å². The van der Waals surface area contributed by atoms with Gasteiger partial charge >= 0.3 is 0 Å². The Morgan fingerprint density at radius 1 is 0.963 bits per heavy atom. The number of imidazole rings is 1. The number of nitrogens with zero attached hydrogens (tertiary/aromatic N) is 2. The van der Waals surface area contributed by atoms with E-state index in [-0.39, 0.29) is 5.82 Å². The van der Waals surface area contributed by atoms with Crippen LogP contribution >= 0.6 is 23.8 Å². The molecule has 1 aromatic heterocycles. The lowest BCUT2D eigenvalue weighted by atomic mass is 9.89. The van der Waals surface area contributed by atoms with Crippen LogP contribution in [0.1, 0.15) is 32.1 Å². The first-order valence-electron chi connectivity index (χ1n) is 9.46. The van der Waals surface area contributed by atoms with E-state index in [2.05, 4.69) is 15.3 Å². The van der Waals surface area contributed by atoms with Crippen LogP contribution in [0.25, 0.3) is 16.9 Å². The van der Waals surface area contributed by atoms with Gasteiger partial charge in [-0.15, -0.1) is 0 Å². The second-order valence-electron chi connectivity index (χ2n) is 7.27. The maximum Gasteiger partial charge on any atom is 0.184 e. The Kier molecular flexibility index (Phi) is 5.46. The van der Waals surface area contributed by atoms with Crippen molar-refractivity contribution in [3.05, 3.63) is 70.3 Å². The van der Waals surface area contributed by atoms with Crippen LogP contribution in [0.3, 0.4) is 0 Å². The second kappa shape index (κ2) is 7.99. The molecule has 0 atom stereocenters.